The molecular formula is C25H27ClN2O4S2. The number of anilines is 1. The Morgan fingerprint density at radius 1 is 1.03 bits per heavy atom. The van der Waals surface area contributed by atoms with Crippen molar-refractivity contribution in [2.24, 2.45) is 0 Å². The fourth-order valence-corrected chi connectivity index (χ4v) is 4.69. The largest absolute Gasteiger partial charge is 0.484 e. The number of hydrogen-bond acceptors (Lipinski definition) is 5. The number of nitrogens with zero attached hydrogens (tertiary/aromatic N) is 1. The van der Waals surface area contributed by atoms with E-state index >= 15 is 0 Å². The van der Waals surface area contributed by atoms with Crippen molar-refractivity contribution in [1.29, 1.82) is 0 Å². The van der Waals surface area contributed by atoms with Gasteiger partial charge in [0.15, 0.2) is 6.61 Å². The molecule has 0 spiro atoms. The Morgan fingerprint density at radius 2 is 1.65 bits per heavy atom. The van der Waals surface area contributed by atoms with Crippen LogP contribution in [0.4, 0.5) is 5.69 Å². The summed E-state index contributed by atoms with van der Waals surface area (Å²) < 4.78 is 31.6. The number of ether oxygens (including phenoxy) is 1. The van der Waals surface area contributed by atoms with E-state index in [1.807, 2.05) is 37.4 Å². The van der Waals surface area contributed by atoms with Crippen LogP contribution in [0.15, 0.2) is 77.7 Å². The fourth-order valence-electron chi connectivity index (χ4n) is 3.27. The normalized spacial score (nSPS) is 12.1. The highest BCUT2D eigenvalue weighted by Gasteiger charge is 2.18. The molecule has 0 radical (unpaired) electrons. The molecule has 1 amide bonds. The molecule has 3 aromatic carbocycles. The molecule has 0 fully saturated rings. The highest BCUT2D eigenvalue weighted by atomic mass is 35.5. The van der Waals surface area contributed by atoms with Crippen molar-refractivity contribution in [3.63, 3.8) is 0 Å². The first-order chi connectivity index (χ1) is 16.2. The molecule has 180 valence electrons. The maximum Gasteiger partial charge on any atom is 0.258 e. The summed E-state index contributed by atoms with van der Waals surface area (Å²) in [5.74, 6) is 0.224. The Bertz CT molecular complexity index is 1200. The predicted molar refractivity (Wildman–Crippen MR) is 139 cm³/mol. The average Bonchev–Trinajstić information content (AvgIpc) is 2.82. The van der Waals surface area contributed by atoms with Gasteiger partial charge in [-0.1, -0.05) is 35.9 Å². The van der Waals surface area contributed by atoms with Gasteiger partial charge in [0.1, 0.15) is 5.75 Å². The molecule has 0 aromatic heterocycles. The number of carbonyl (C=O) groups excluding carboxylic acids is 1. The first kappa shape index (κ1) is 25.9. The number of amides is 1. The third-order valence-corrected chi connectivity index (χ3v) is 7.26. The van der Waals surface area contributed by atoms with E-state index in [4.69, 9.17) is 16.3 Å². The van der Waals surface area contributed by atoms with Gasteiger partial charge in [-0.25, -0.2) is 8.42 Å². The Morgan fingerprint density at radius 3 is 2.21 bits per heavy atom. The summed E-state index contributed by atoms with van der Waals surface area (Å²) >= 11 is 7.58. The van der Waals surface area contributed by atoms with Gasteiger partial charge < -0.3 is 10.1 Å². The van der Waals surface area contributed by atoms with Crippen LogP contribution in [0.2, 0.25) is 5.02 Å². The van der Waals surface area contributed by atoms with Crippen molar-refractivity contribution in [2.45, 2.75) is 24.4 Å². The lowest BCUT2D eigenvalue weighted by Gasteiger charge is -2.23. The Hall–Kier alpha value is -2.68. The van der Waals surface area contributed by atoms with Crippen LogP contribution in [0, 0.1) is 0 Å². The minimum atomic E-state index is -3.52. The van der Waals surface area contributed by atoms with Gasteiger partial charge in [-0.15, -0.1) is 11.8 Å². The fraction of sp³-hybridized carbons (Fsp3) is 0.240. The second-order valence-corrected chi connectivity index (χ2v) is 11.0. The average molecular weight is 519 g/mol. The minimum absolute atomic E-state index is 0.146. The molecule has 0 heterocycles. The summed E-state index contributed by atoms with van der Waals surface area (Å²) in [6.07, 6.45) is 3.18. The van der Waals surface area contributed by atoms with Gasteiger partial charge >= 0.3 is 0 Å². The van der Waals surface area contributed by atoms with Crippen molar-refractivity contribution < 1.29 is 17.9 Å². The van der Waals surface area contributed by atoms with Crippen LogP contribution in [0.5, 0.6) is 5.75 Å². The highest BCUT2D eigenvalue weighted by molar-refractivity contribution is 7.98. The van der Waals surface area contributed by atoms with Crippen molar-refractivity contribution in [3.05, 3.63) is 88.9 Å². The number of hydrogen-bond donors (Lipinski definition) is 1. The molecule has 0 aliphatic rings. The van der Waals surface area contributed by atoms with E-state index in [-0.39, 0.29) is 25.1 Å². The van der Waals surface area contributed by atoms with E-state index in [0.29, 0.717) is 16.5 Å². The molecule has 3 rings (SSSR count). The molecule has 0 saturated carbocycles. The van der Waals surface area contributed by atoms with Gasteiger partial charge in [0.05, 0.1) is 24.5 Å². The van der Waals surface area contributed by atoms with E-state index in [0.717, 1.165) is 22.3 Å². The van der Waals surface area contributed by atoms with Crippen molar-refractivity contribution in [3.8, 4) is 5.75 Å². The van der Waals surface area contributed by atoms with Crippen LogP contribution in [-0.4, -0.2) is 33.4 Å². The molecule has 3 aromatic rings. The third kappa shape index (κ3) is 7.41. The molecule has 6 nitrogen and oxygen atoms in total. The number of carbonyl (C=O) groups is 1. The summed E-state index contributed by atoms with van der Waals surface area (Å²) in [5, 5.41) is 3.50. The molecule has 0 bridgehead atoms. The van der Waals surface area contributed by atoms with E-state index < -0.39 is 10.0 Å². The first-order valence-corrected chi connectivity index (χ1v) is 14.0. The molecule has 0 aliphatic heterocycles. The van der Waals surface area contributed by atoms with Crippen LogP contribution in [0.3, 0.4) is 0 Å². The van der Waals surface area contributed by atoms with E-state index in [1.165, 1.54) is 4.31 Å². The number of nitrogens with one attached hydrogen (secondary N) is 1. The van der Waals surface area contributed by atoms with Crippen molar-refractivity contribution in [1.82, 2.24) is 5.32 Å². The van der Waals surface area contributed by atoms with Crippen molar-refractivity contribution in [2.75, 3.05) is 23.4 Å². The van der Waals surface area contributed by atoms with Gasteiger partial charge in [0, 0.05) is 9.92 Å². The first-order valence-electron chi connectivity index (χ1n) is 10.5. The molecule has 0 unspecified atom stereocenters. The maximum atomic E-state index is 12.4. The van der Waals surface area contributed by atoms with Crippen molar-refractivity contribution >= 4 is 45.0 Å². The van der Waals surface area contributed by atoms with Crippen LogP contribution in [0.1, 0.15) is 24.1 Å². The lowest BCUT2D eigenvalue weighted by atomic mass is 10.1. The predicted octanol–water partition coefficient (Wildman–Crippen LogP) is 5.28. The van der Waals surface area contributed by atoms with Crippen LogP contribution < -0.4 is 14.4 Å². The zero-order chi connectivity index (χ0) is 24.7. The number of benzene rings is 3. The molecule has 0 aliphatic carbocycles. The Labute approximate surface area is 210 Å². The third-order valence-electron chi connectivity index (χ3n) is 5.13. The zero-order valence-corrected chi connectivity index (χ0v) is 21.6. The summed E-state index contributed by atoms with van der Waals surface area (Å²) in [7, 11) is -3.52. The van der Waals surface area contributed by atoms with Gasteiger partial charge in [-0.3, -0.25) is 9.10 Å². The summed E-state index contributed by atoms with van der Waals surface area (Å²) in [4.78, 5) is 13.5. The number of halogens is 1. The summed E-state index contributed by atoms with van der Waals surface area (Å²) in [5.41, 5.74) is 2.32. The van der Waals surface area contributed by atoms with Crippen LogP contribution >= 0.6 is 23.4 Å². The van der Waals surface area contributed by atoms with Crippen LogP contribution in [0.25, 0.3) is 0 Å². The standard InChI is InChI=1S/C25H27ClN2O4S2/c1-18(20-6-14-24(33-2)15-7-20)27-25(29)17-32-23-12-10-22(11-13-23)28(34(3,30)31)16-19-4-8-21(26)9-5-19/h4-15,18H,16-17H2,1-3H3,(H,27,29)/t18-/m1/s1. The Kier molecular flexibility index (Phi) is 8.88. The number of rotatable bonds is 10. The van der Waals surface area contributed by atoms with Crippen LogP contribution in [-0.2, 0) is 21.4 Å². The zero-order valence-electron chi connectivity index (χ0n) is 19.2. The summed E-state index contributed by atoms with van der Waals surface area (Å²) in [6.45, 7) is 1.95. The maximum absolute atomic E-state index is 12.4. The minimum Gasteiger partial charge on any atom is -0.484 e. The van der Waals surface area contributed by atoms with Gasteiger partial charge in [-0.05, 0) is 72.8 Å². The molecule has 34 heavy (non-hydrogen) atoms. The monoisotopic (exact) mass is 518 g/mol. The number of sulfonamides is 1. The quantitative estimate of drug-likeness (QED) is 0.369. The molecular weight excluding hydrogens is 492 g/mol. The summed E-state index contributed by atoms with van der Waals surface area (Å²) in [6, 6.07) is 21.5. The lowest BCUT2D eigenvalue weighted by Crippen LogP contribution is -2.31. The molecule has 1 atom stereocenters. The molecule has 0 saturated heterocycles. The second-order valence-electron chi connectivity index (χ2n) is 7.74. The lowest BCUT2D eigenvalue weighted by molar-refractivity contribution is -0.123. The number of thioether (sulfide) groups is 1. The van der Waals surface area contributed by atoms with Gasteiger partial charge in [-0.2, -0.15) is 0 Å². The second kappa shape index (κ2) is 11.6. The van der Waals surface area contributed by atoms with E-state index in [9.17, 15) is 13.2 Å². The van der Waals surface area contributed by atoms with E-state index in [1.54, 1.807) is 60.3 Å². The smallest absolute Gasteiger partial charge is 0.258 e. The SMILES string of the molecule is CSc1ccc([C@@H](C)NC(=O)COc2ccc(N(Cc3ccc(Cl)cc3)S(C)(=O)=O)cc2)cc1. The molecule has 1 N–H and O–H groups in total. The van der Waals surface area contributed by atoms with Gasteiger partial charge in [0.25, 0.3) is 5.91 Å². The van der Waals surface area contributed by atoms with E-state index in [2.05, 4.69) is 5.32 Å². The topological polar surface area (TPSA) is 75.7 Å². The molecule has 9 heteroatoms. The Balaban J connectivity index is 1.59. The highest BCUT2D eigenvalue weighted by Crippen LogP contribution is 2.24. The van der Waals surface area contributed by atoms with Gasteiger partial charge in [0.2, 0.25) is 10.0 Å².